The van der Waals surface area contributed by atoms with E-state index in [1.807, 2.05) is 0 Å². The van der Waals surface area contributed by atoms with Crippen LogP contribution in [0.2, 0.25) is 5.02 Å². The quantitative estimate of drug-likeness (QED) is 0.922. The van der Waals surface area contributed by atoms with Crippen molar-refractivity contribution in [2.45, 2.75) is 31.6 Å². The van der Waals surface area contributed by atoms with Crippen LogP contribution in [0.15, 0.2) is 17.0 Å². The van der Waals surface area contributed by atoms with E-state index in [9.17, 15) is 13.2 Å². The van der Waals surface area contributed by atoms with Crippen LogP contribution in [0.5, 0.6) is 0 Å². The summed E-state index contributed by atoms with van der Waals surface area (Å²) in [5.41, 5.74) is 0.886. The summed E-state index contributed by atoms with van der Waals surface area (Å²) in [6.07, 6.45) is 2.00. The van der Waals surface area contributed by atoms with E-state index in [-0.39, 0.29) is 15.8 Å². The Labute approximate surface area is 130 Å². The van der Waals surface area contributed by atoms with Crippen LogP contribution in [0.3, 0.4) is 0 Å². The maximum Gasteiger partial charge on any atom is 0.254 e. The van der Waals surface area contributed by atoms with Gasteiger partial charge in [0.05, 0.1) is 4.90 Å². The number of likely N-dealkylation sites (tertiary alicyclic amines) is 1. The molecule has 2 N–H and O–H groups in total. The van der Waals surface area contributed by atoms with Gasteiger partial charge in [-0.1, -0.05) is 24.9 Å². The highest BCUT2D eigenvalue weighted by Gasteiger charge is 2.28. The minimum Gasteiger partial charge on any atom is -0.338 e. The van der Waals surface area contributed by atoms with E-state index in [1.165, 1.54) is 12.1 Å². The standard InChI is InChI=1S/C14H19ClN2O3S/c1-3-10-4-5-17(8-10)14(18)12-6-11(21(16,19)20)7-13(15)9(12)2/h6-7,10H,3-5,8H2,1-2H3,(H2,16,19,20). The second kappa shape index (κ2) is 5.94. The van der Waals surface area contributed by atoms with Gasteiger partial charge in [-0.2, -0.15) is 0 Å². The molecule has 116 valence electrons. The molecule has 21 heavy (non-hydrogen) atoms. The van der Waals surface area contributed by atoms with Gasteiger partial charge in [-0.25, -0.2) is 13.6 Å². The molecule has 0 aliphatic carbocycles. The van der Waals surface area contributed by atoms with Crippen molar-refractivity contribution in [1.29, 1.82) is 0 Å². The van der Waals surface area contributed by atoms with Crippen LogP contribution in [-0.4, -0.2) is 32.3 Å². The van der Waals surface area contributed by atoms with Crippen molar-refractivity contribution in [3.8, 4) is 0 Å². The van der Waals surface area contributed by atoms with E-state index in [2.05, 4.69) is 6.92 Å². The molecule has 0 spiro atoms. The number of nitrogens with two attached hydrogens (primary N) is 1. The fourth-order valence-corrected chi connectivity index (χ4v) is 3.41. The summed E-state index contributed by atoms with van der Waals surface area (Å²) in [4.78, 5) is 14.2. The molecule has 1 fully saturated rings. The first-order valence-electron chi connectivity index (χ1n) is 6.86. The Bertz CT molecular complexity index is 673. The molecule has 7 heteroatoms. The highest BCUT2D eigenvalue weighted by Crippen LogP contribution is 2.27. The van der Waals surface area contributed by atoms with Gasteiger partial charge < -0.3 is 4.90 Å². The van der Waals surface area contributed by atoms with E-state index in [0.29, 0.717) is 30.1 Å². The van der Waals surface area contributed by atoms with Crippen molar-refractivity contribution in [1.82, 2.24) is 4.90 Å². The van der Waals surface area contributed by atoms with Crippen LogP contribution in [0.4, 0.5) is 0 Å². The Kier molecular flexibility index (Phi) is 4.60. The zero-order valence-corrected chi connectivity index (χ0v) is 13.7. The van der Waals surface area contributed by atoms with Gasteiger partial charge in [-0.05, 0) is 37.0 Å². The molecule has 1 aromatic rings. The SMILES string of the molecule is CCC1CCN(C(=O)c2cc(S(N)(=O)=O)cc(Cl)c2C)C1. The minimum absolute atomic E-state index is 0.132. The summed E-state index contributed by atoms with van der Waals surface area (Å²) in [6.45, 7) is 5.19. The Hall–Kier alpha value is -1.11. The number of carbonyl (C=O) groups excluding carboxylic acids is 1. The zero-order valence-electron chi connectivity index (χ0n) is 12.1. The van der Waals surface area contributed by atoms with Gasteiger partial charge in [0.1, 0.15) is 0 Å². The smallest absolute Gasteiger partial charge is 0.254 e. The Balaban J connectivity index is 2.39. The second-order valence-corrected chi connectivity index (χ2v) is 7.41. The predicted molar refractivity (Wildman–Crippen MR) is 81.9 cm³/mol. The van der Waals surface area contributed by atoms with Gasteiger partial charge in [-0.15, -0.1) is 0 Å². The Morgan fingerprint density at radius 1 is 1.48 bits per heavy atom. The van der Waals surface area contributed by atoms with Gasteiger partial charge in [-0.3, -0.25) is 4.79 Å². The lowest BCUT2D eigenvalue weighted by Gasteiger charge is -2.18. The summed E-state index contributed by atoms with van der Waals surface area (Å²) < 4.78 is 23.0. The molecule has 1 heterocycles. The van der Waals surface area contributed by atoms with E-state index in [1.54, 1.807) is 11.8 Å². The predicted octanol–water partition coefficient (Wildman–Crippen LogP) is 2.17. The van der Waals surface area contributed by atoms with Crippen molar-refractivity contribution < 1.29 is 13.2 Å². The van der Waals surface area contributed by atoms with Crippen molar-refractivity contribution >= 4 is 27.5 Å². The fraction of sp³-hybridized carbons (Fsp3) is 0.500. The molecule has 2 rings (SSSR count). The number of sulfonamides is 1. The number of hydrogen-bond donors (Lipinski definition) is 1. The fourth-order valence-electron chi connectivity index (χ4n) is 2.56. The number of carbonyl (C=O) groups is 1. The van der Waals surface area contributed by atoms with E-state index < -0.39 is 10.0 Å². The first kappa shape index (κ1) is 16.3. The molecule has 1 aromatic carbocycles. The summed E-state index contributed by atoms with van der Waals surface area (Å²) in [6, 6.07) is 2.60. The number of halogens is 1. The molecule has 0 radical (unpaired) electrons. The number of rotatable bonds is 3. The maximum atomic E-state index is 12.6. The molecule has 1 amide bonds. The molecule has 5 nitrogen and oxygen atoms in total. The topological polar surface area (TPSA) is 80.5 Å². The van der Waals surface area contributed by atoms with Gasteiger partial charge >= 0.3 is 0 Å². The summed E-state index contributed by atoms with van der Waals surface area (Å²) in [7, 11) is -3.89. The van der Waals surface area contributed by atoms with Gasteiger partial charge in [0.25, 0.3) is 5.91 Å². The minimum atomic E-state index is -3.89. The van der Waals surface area contributed by atoms with E-state index in [0.717, 1.165) is 12.8 Å². The number of benzene rings is 1. The molecule has 1 unspecified atom stereocenters. The molecule has 1 aliphatic heterocycles. The lowest BCUT2D eigenvalue weighted by molar-refractivity contribution is 0.0786. The molecular weight excluding hydrogens is 312 g/mol. The molecule has 1 aliphatic rings. The summed E-state index contributed by atoms with van der Waals surface area (Å²) in [5, 5.41) is 5.36. The first-order chi connectivity index (χ1) is 9.74. The molecule has 1 saturated heterocycles. The van der Waals surface area contributed by atoms with Crippen LogP contribution >= 0.6 is 11.6 Å². The second-order valence-electron chi connectivity index (χ2n) is 5.44. The van der Waals surface area contributed by atoms with Crippen molar-refractivity contribution in [2.75, 3.05) is 13.1 Å². The van der Waals surface area contributed by atoms with Crippen LogP contribution in [0, 0.1) is 12.8 Å². The Morgan fingerprint density at radius 3 is 2.67 bits per heavy atom. The van der Waals surface area contributed by atoms with Crippen LogP contribution in [0.25, 0.3) is 0 Å². The summed E-state index contributed by atoms with van der Waals surface area (Å²) in [5.74, 6) is 0.321. The lowest BCUT2D eigenvalue weighted by Crippen LogP contribution is -2.29. The largest absolute Gasteiger partial charge is 0.338 e. The van der Waals surface area contributed by atoms with Crippen LogP contribution in [0.1, 0.15) is 35.7 Å². The van der Waals surface area contributed by atoms with Gasteiger partial charge in [0.15, 0.2) is 0 Å². The maximum absolute atomic E-state index is 12.6. The van der Waals surface area contributed by atoms with Crippen molar-refractivity contribution in [3.05, 3.63) is 28.3 Å². The number of amides is 1. The first-order valence-corrected chi connectivity index (χ1v) is 8.78. The molecular formula is C14H19ClN2O3S. The third-order valence-electron chi connectivity index (χ3n) is 4.03. The molecule has 0 aromatic heterocycles. The Morgan fingerprint density at radius 2 is 2.14 bits per heavy atom. The third kappa shape index (κ3) is 3.39. The highest BCUT2D eigenvalue weighted by molar-refractivity contribution is 7.89. The van der Waals surface area contributed by atoms with Crippen molar-refractivity contribution in [3.63, 3.8) is 0 Å². The van der Waals surface area contributed by atoms with Crippen LogP contribution < -0.4 is 5.14 Å². The number of nitrogens with zero attached hydrogens (tertiary/aromatic N) is 1. The molecule has 0 bridgehead atoms. The normalized spacial score (nSPS) is 19.0. The van der Waals surface area contributed by atoms with E-state index >= 15 is 0 Å². The van der Waals surface area contributed by atoms with Crippen LogP contribution in [-0.2, 0) is 10.0 Å². The molecule has 1 atom stereocenters. The van der Waals surface area contributed by atoms with Crippen molar-refractivity contribution in [2.24, 2.45) is 11.1 Å². The monoisotopic (exact) mass is 330 g/mol. The van der Waals surface area contributed by atoms with Gasteiger partial charge in [0, 0.05) is 23.7 Å². The highest BCUT2D eigenvalue weighted by atomic mass is 35.5. The summed E-state index contributed by atoms with van der Waals surface area (Å²) >= 11 is 6.04. The number of primary sulfonamides is 1. The zero-order chi connectivity index (χ0) is 15.8. The molecule has 0 saturated carbocycles. The average Bonchev–Trinajstić information content (AvgIpc) is 2.88. The van der Waals surface area contributed by atoms with Gasteiger partial charge in [0.2, 0.25) is 10.0 Å². The number of hydrogen-bond acceptors (Lipinski definition) is 3. The average molecular weight is 331 g/mol. The van der Waals surface area contributed by atoms with E-state index in [4.69, 9.17) is 16.7 Å². The third-order valence-corrected chi connectivity index (χ3v) is 5.31. The lowest BCUT2D eigenvalue weighted by atomic mass is 10.1.